The topological polar surface area (TPSA) is 68.0 Å². The fourth-order valence-electron chi connectivity index (χ4n) is 1.25. The molecule has 1 aromatic rings. The number of pyridine rings is 1. The van der Waals surface area contributed by atoms with Gasteiger partial charge in [-0.1, -0.05) is 11.8 Å². The summed E-state index contributed by atoms with van der Waals surface area (Å²) >= 11 is -0.191. The first-order chi connectivity index (χ1) is 9.44. The number of thioether (sulfide) groups is 1. The van der Waals surface area contributed by atoms with Crippen LogP contribution in [0.1, 0.15) is 16.1 Å². The zero-order chi connectivity index (χ0) is 15.0. The molecular formula is C12H12F3N3OS. The Morgan fingerprint density at radius 1 is 1.50 bits per heavy atom. The summed E-state index contributed by atoms with van der Waals surface area (Å²) in [5.74, 6) is 4.46. The zero-order valence-corrected chi connectivity index (χ0v) is 11.1. The first-order valence-electron chi connectivity index (χ1n) is 5.57. The number of amides is 1. The Balaban J connectivity index is 2.60. The molecule has 0 aliphatic rings. The molecule has 0 unspecified atom stereocenters. The van der Waals surface area contributed by atoms with Gasteiger partial charge in [0.25, 0.3) is 5.91 Å². The molecule has 0 spiro atoms. The maximum atomic E-state index is 11.9. The van der Waals surface area contributed by atoms with Crippen molar-refractivity contribution >= 4 is 17.7 Å². The molecule has 8 heteroatoms. The maximum Gasteiger partial charge on any atom is 0.441 e. The van der Waals surface area contributed by atoms with E-state index < -0.39 is 11.4 Å². The molecule has 1 rings (SSSR count). The molecule has 3 N–H and O–H groups in total. The number of rotatable bonds is 4. The van der Waals surface area contributed by atoms with Gasteiger partial charge in [-0.2, -0.15) is 13.2 Å². The van der Waals surface area contributed by atoms with Crippen molar-refractivity contribution in [2.45, 2.75) is 5.51 Å². The van der Waals surface area contributed by atoms with Crippen molar-refractivity contribution in [1.29, 1.82) is 0 Å². The van der Waals surface area contributed by atoms with Crippen LogP contribution in [0.5, 0.6) is 0 Å². The molecule has 108 valence electrons. The van der Waals surface area contributed by atoms with E-state index in [1.54, 1.807) is 12.1 Å². The van der Waals surface area contributed by atoms with Crippen molar-refractivity contribution in [3.05, 3.63) is 29.6 Å². The van der Waals surface area contributed by atoms with Crippen LogP contribution in [0.4, 0.5) is 13.2 Å². The lowest BCUT2D eigenvalue weighted by molar-refractivity contribution is -0.0327. The molecule has 0 bridgehead atoms. The molecule has 1 heterocycles. The van der Waals surface area contributed by atoms with E-state index in [0.29, 0.717) is 5.56 Å². The molecule has 0 atom stereocenters. The third-order valence-corrected chi connectivity index (χ3v) is 2.74. The van der Waals surface area contributed by atoms with Crippen LogP contribution in [-0.2, 0) is 0 Å². The molecule has 0 radical (unpaired) electrons. The van der Waals surface area contributed by atoms with Gasteiger partial charge in [0.1, 0.15) is 5.69 Å². The second-order valence-corrected chi connectivity index (χ2v) is 4.62. The monoisotopic (exact) mass is 303 g/mol. The number of aromatic nitrogens is 1. The highest BCUT2D eigenvalue weighted by Crippen LogP contribution is 2.29. The molecule has 1 aromatic heterocycles. The van der Waals surface area contributed by atoms with Crippen molar-refractivity contribution in [2.75, 3.05) is 18.8 Å². The Morgan fingerprint density at radius 2 is 2.25 bits per heavy atom. The van der Waals surface area contributed by atoms with Gasteiger partial charge >= 0.3 is 5.51 Å². The van der Waals surface area contributed by atoms with Gasteiger partial charge in [0.15, 0.2) is 0 Å². The summed E-state index contributed by atoms with van der Waals surface area (Å²) in [6.45, 7) is 0.0293. The standard InChI is InChI=1S/C12H12F3N3OS/c13-12(14,15)20-8-7-18-11(19)10-9(3-1-5-16)4-2-6-17-10/h2,4,6H,5,7-8,16H2,(H,18,19). The Bertz CT molecular complexity index is 523. The van der Waals surface area contributed by atoms with Gasteiger partial charge in [-0.15, -0.1) is 0 Å². The Kier molecular flexibility index (Phi) is 6.35. The number of hydrogen-bond donors (Lipinski definition) is 2. The normalized spacial score (nSPS) is 10.6. The van der Waals surface area contributed by atoms with Gasteiger partial charge in [0.2, 0.25) is 0 Å². The lowest BCUT2D eigenvalue weighted by atomic mass is 10.2. The van der Waals surface area contributed by atoms with Gasteiger partial charge in [-0.3, -0.25) is 4.79 Å². The molecule has 20 heavy (non-hydrogen) atoms. The van der Waals surface area contributed by atoms with E-state index in [1.165, 1.54) is 6.20 Å². The molecule has 0 saturated carbocycles. The fourth-order valence-corrected chi connectivity index (χ4v) is 1.68. The fraction of sp³-hybridized carbons (Fsp3) is 0.333. The minimum Gasteiger partial charge on any atom is -0.350 e. The molecule has 0 fully saturated rings. The Morgan fingerprint density at radius 3 is 2.90 bits per heavy atom. The van der Waals surface area contributed by atoms with Crippen molar-refractivity contribution in [3.8, 4) is 11.8 Å². The predicted molar refractivity (Wildman–Crippen MR) is 71.0 cm³/mol. The summed E-state index contributed by atoms with van der Waals surface area (Å²) in [5, 5.41) is 2.37. The minimum atomic E-state index is -4.30. The van der Waals surface area contributed by atoms with Crippen LogP contribution < -0.4 is 11.1 Å². The summed E-state index contributed by atoms with van der Waals surface area (Å²) in [5.41, 5.74) is 1.40. The highest BCUT2D eigenvalue weighted by Gasteiger charge is 2.27. The molecular weight excluding hydrogens is 291 g/mol. The number of nitrogens with two attached hydrogens (primary N) is 1. The second-order valence-electron chi connectivity index (χ2n) is 3.46. The van der Waals surface area contributed by atoms with E-state index in [2.05, 4.69) is 22.1 Å². The van der Waals surface area contributed by atoms with Crippen LogP contribution in [0.25, 0.3) is 0 Å². The van der Waals surface area contributed by atoms with Crippen LogP contribution in [0.2, 0.25) is 0 Å². The predicted octanol–water partition coefficient (Wildman–Crippen LogP) is 1.37. The maximum absolute atomic E-state index is 11.9. The van der Waals surface area contributed by atoms with Gasteiger partial charge in [0.05, 0.1) is 12.1 Å². The highest BCUT2D eigenvalue weighted by atomic mass is 32.2. The van der Waals surface area contributed by atoms with Crippen molar-refractivity contribution in [1.82, 2.24) is 10.3 Å². The summed E-state index contributed by atoms with van der Waals surface area (Å²) < 4.78 is 35.7. The smallest absolute Gasteiger partial charge is 0.350 e. The first-order valence-corrected chi connectivity index (χ1v) is 6.55. The third-order valence-electron chi connectivity index (χ3n) is 2.00. The van der Waals surface area contributed by atoms with E-state index in [0.717, 1.165) is 0 Å². The van der Waals surface area contributed by atoms with Crippen molar-refractivity contribution < 1.29 is 18.0 Å². The lowest BCUT2D eigenvalue weighted by Crippen LogP contribution is -2.28. The summed E-state index contributed by atoms with van der Waals surface area (Å²) in [6.07, 6.45) is 1.41. The number of carbonyl (C=O) groups excluding carboxylic acids is 1. The van der Waals surface area contributed by atoms with Crippen LogP contribution in [0.15, 0.2) is 18.3 Å². The number of hydrogen-bond acceptors (Lipinski definition) is 4. The number of alkyl halides is 3. The van der Waals surface area contributed by atoms with E-state index in [-0.39, 0.29) is 36.3 Å². The minimum absolute atomic E-state index is 0.0745. The van der Waals surface area contributed by atoms with E-state index in [9.17, 15) is 18.0 Å². The third kappa shape index (κ3) is 5.95. The second kappa shape index (κ2) is 7.77. The van der Waals surface area contributed by atoms with Crippen molar-refractivity contribution in [3.63, 3.8) is 0 Å². The molecule has 0 aromatic carbocycles. The zero-order valence-electron chi connectivity index (χ0n) is 10.3. The van der Waals surface area contributed by atoms with Gasteiger partial charge in [0, 0.05) is 18.5 Å². The highest BCUT2D eigenvalue weighted by molar-refractivity contribution is 8.00. The quantitative estimate of drug-likeness (QED) is 0.651. The van der Waals surface area contributed by atoms with Gasteiger partial charge in [-0.25, -0.2) is 4.98 Å². The molecule has 0 aliphatic heterocycles. The number of carbonyl (C=O) groups is 1. The summed E-state index contributed by atoms with van der Waals surface area (Å²) in [7, 11) is 0. The van der Waals surface area contributed by atoms with Gasteiger partial charge < -0.3 is 11.1 Å². The molecule has 1 amide bonds. The van der Waals surface area contributed by atoms with Crippen LogP contribution in [0.3, 0.4) is 0 Å². The first kappa shape index (κ1) is 16.3. The Labute approximate surface area is 118 Å². The molecule has 0 aliphatic carbocycles. The average molecular weight is 303 g/mol. The number of nitrogens with one attached hydrogen (secondary N) is 1. The van der Waals surface area contributed by atoms with Crippen LogP contribution in [-0.4, -0.2) is 35.2 Å². The van der Waals surface area contributed by atoms with E-state index >= 15 is 0 Å². The summed E-state index contributed by atoms with van der Waals surface area (Å²) in [4.78, 5) is 15.7. The van der Waals surface area contributed by atoms with Gasteiger partial charge in [-0.05, 0) is 23.9 Å². The number of halogens is 3. The van der Waals surface area contributed by atoms with Crippen molar-refractivity contribution in [2.24, 2.45) is 5.73 Å². The molecule has 0 saturated heterocycles. The molecule has 4 nitrogen and oxygen atoms in total. The van der Waals surface area contributed by atoms with E-state index in [4.69, 9.17) is 5.73 Å². The Hall–Kier alpha value is -1.72. The lowest BCUT2D eigenvalue weighted by Gasteiger charge is -2.07. The van der Waals surface area contributed by atoms with Crippen LogP contribution in [0, 0.1) is 11.8 Å². The van der Waals surface area contributed by atoms with Crippen LogP contribution >= 0.6 is 11.8 Å². The van der Waals surface area contributed by atoms with E-state index in [1.807, 2.05) is 0 Å². The number of nitrogens with zero attached hydrogens (tertiary/aromatic N) is 1. The average Bonchev–Trinajstić information content (AvgIpc) is 2.40. The summed E-state index contributed by atoms with van der Waals surface area (Å²) in [6, 6.07) is 3.20. The SMILES string of the molecule is NCC#Cc1cccnc1C(=O)NCCSC(F)(F)F. The largest absolute Gasteiger partial charge is 0.441 e.